The molecule has 1 aliphatic rings. The Morgan fingerprint density at radius 2 is 1.71 bits per heavy atom. The molecule has 0 aliphatic carbocycles. The number of alkyl halides is 1. The van der Waals surface area contributed by atoms with E-state index in [1.807, 2.05) is 42.5 Å². The van der Waals surface area contributed by atoms with E-state index in [9.17, 15) is 0 Å². The number of fused-ring (bicyclic) bond motifs is 1. The Kier molecular flexibility index (Phi) is 3.79. The summed E-state index contributed by atoms with van der Waals surface area (Å²) in [5, 5.41) is 3.43. The number of hydrogen-bond acceptors (Lipinski definition) is 3. The number of methoxy groups -OCH3 is 2. The minimum Gasteiger partial charge on any atom is -0.493 e. The van der Waals surface area contributed by atoms with Crippen molar-refractivity contribution in [1.29, 1.82) is 0 Å². The third-order valence-corrected chi connectivity index (χ3v) is 4.47. The molecule has 0 spiro atoms. The van der Waals surface area contributed by atoms with E-state index >= 15 is 0 Å². The second kappa shape index (κ2) is 5.58. The molecule has 0 bridgehead atoms. The second-order valence-electron chi connectivity index (χ2n) is 5.07. The fraction of sp³-hybridized carbons (Fsp3) is 0.294. The van der Waals surface area contributed by atoms with Crippen LogP contribution in [0.3, 0.4) is 0 Å². The minimum atomic E-state index is -0.728. The van der Waals surface area contributed by atoms with Crippen LogP contribution in [-0.2, 0) is 11.4 Å². The molecule has 1 unspecified atom stereocenters. The number of rotatable bonds is 3. The third kappa shape index (κ3) is 2.37. The molecule has 21 heavy (non-hydrogen) atoms. The summed E-state index contributed by atoms with van der Waals surface area (Å²) >= 11 is 6.95. The first kappa shape index (κ1) is 14.2. The van der Waals surface area contributed by atoms with Crippen LogP contribution >= 0.6 is 11.6 Å². The van der Waals surface area contributed by atoms with Crippen molar-refractivity contribution in [2.75, 3.05) is 20.8 Å². The molecule has 0 aromatic heterocycles. The summed E-state index contributed by atoms with van der Waals surface area (Å²) in [6.07, 6.45) is 0.914. The van der Waals surface area contributed by atoms with Crippen LogP contribution in [0.15, 0.2) is 42.5 Å². The standard InChI is InChI=1S/C17H18ClNO2/c1-20-15-10-12-8-9-19-17(18,13-6-4-3-5-7-13)14(12)11-16(15)21-2/h3-7,10-11,19H,8-9H2,1-2H3. The topological polar surface area (TPSA) is 30.5 Å². The maximum Gasteiger partial charge on any atom is 0.161 e. The van der Waals surface area contributed by atoms with Crippen molar-refractivity contribution in [1.82, 2.24) is 5.32 Å². The van der Waals surface area contributed by atoms with Gasteiger partial charge in [-0.3, -0.25) is 5.32 Å². The van der Waals surface area contributed by atoms with Gasteiger partial charge in [-0.15, -0.1) is 0 Å². The van der Waals surface area contributed by atoms with Gasteiger partial charge in [-0.25, -0.2) is 0 Å². The zero-order valence-corrected chi connectivity index (χ0v) is 12.9. The Labute approximate surface area is 129 Å². The molecular weight excluding hydrogens is 286 g/mol. The van der Waals surface area contributed by atoms with Crippen molar-refractivity contribution in [3.8, 4) is 11.5 Å². The largest absolute Gasteiger partial charge is 0.493 e. The molecule has 1 atom stereocenters. The zero-order valence-electron chi connectivity index (χ0n) is 12.2. The average molecular weight is 304 g/mol. The fourth-order valence-electron chi connectivity index (χ4n) is 2.84. The van der Waals surface area contributed by atoms with Crippen LogP contribution in [0.1, 0.15) is 16.7 Å². The highest BCUT2D eigenvalue weighted by Crippen LogP contribution is 2.43. The van der Waals surface area contributed by atoms with Gasteiger partial charge in [-0.05, 0) is 35.2 Å². The third-order valence-electron chi connectivity index (χ3n) is 3.92. The number of ether oxygens (including phenoxy) is 2. The highest BCUT2D eigenvalue weighted by molar-refractivity contribution is 6.26. The van der Waals surface area contributed by atoms with Gasteiger partial charge in [-0.2, -0.15) is 0 Å². The van der Waals surface area contributed by atoms with E-state index < -0.39 is 5.00 Å². The summed E-state index contributed by atoms with van der Waals surface area (Å²) in [6, 6.07) is 14.0. The quantitative estimate of drug-likeness (QED) is 0.697. The van der Waals surface area contributed by atoms with Gasteiger partial charge in [0, 0.05) is 6.54 Å². The summed E-state index contributed by atoms with van der Waals surface area (Å²) in [6.45, 7) is 0.820. The molecular formula is C17H18ClNO2. The lowest BCUT2D eigenvalue weighted by molar-refractivity contribution is 0.352. The molecule has 2 aromatic carbocycles. The average Bonchev–Trinajstić information content (AvgIpc) is 2.55. The molecule has 1 N–H and O–H groups in total. The lowest BCUT2D eigenvalue weighted by Gasteiger charge is -2.36. The molecule has 2 aromatic rings. The summed E-state index contributed by atoms with van der Waals surface area (Å²) in [5.41, 5.74) is 3.24. The van der Waals surface area contributed by atoms with E-state index in [2.05, 4.69) is 5.32 Å². The van der Waals surface area contributed by atoms with Gasteiger partial charge in [0.2, 0.25) is 0 Å². The number of hydrogen-bond donors (Lipinski definition) is 1. The van der Waals surface area contributed by atoms with Crippen molar-refractivity contribution in [2.45, 2.75) is 11.4 Å². The highest BCUT2D eigenvalue weighted by Gasteiger charge is 2.37. The number of benzene rings is 2. The lowest BCUT2D eigenvalue weighted by Crippen LogP contribution is -2.43. The first-order chi connectivity index (χ1) is 10.2. The van der Waals surface area contributed by atoms with Crippen LogP contribution < -0.4 is 14.8 Å². The summed E-state index contributed by atoms with van der Waals surface area (Å²) in [4.78, 5) is -0.728. The first-order valence-electron chi connectivity index (χ1n) is 6.94. The molecule has 0 saturated heterocycles. The van der Waals surface area contributed by atoms with Crippen LogP contribution in [0.4, 0.5) is 0 Å². The van der Waals surface area contributed by atoms with Crippen molar-refractivity contribution in [3.05, 3.63) is 59.2 Å². The molecule has 4 heteroatoms. The molecule has 3 nitrogen and oxygen atoms in total. The van der Waals surface area contributed by atoms with Gasteiger partial charge in [0.1, 0.15) is 5.00 Å². The fourth-order valence-corrected chi connectivity index (χ4v) is 3.24. The summed E-state index contributed by atoms with van der Waals surface area (Å²) in [5.74, 6) is 1.44. The van der Waals surface area contributed by atoms with Gasteiger partial charge in [-0.1, -0.05) is 41.9 Å². The Hall–Kier alpha value is -1.71. The highest BCUT2D eigenvalue weighted by atomic mass is 35.5. The van der Waals surface area contributed by atoms with E-state index in [-0.39, 0.29) is 0 Å². The molecule has 0 fully saturated rings. The van der Waals surface area contributed by atoms with E-state index in [1.54, 1.807) is 14.2 Å². The monoisotopic (exact) mass is 303 g/mol. The van der Waals surface area contributed by atoms with Gasteiger partial charge in [0.05, 0.1) is 14.2 Å². The summed E-state index contributed by atoms with van der Waals surface area (Å²) in [7, 11) is 3.29. The molecule has 0 radical (unpaired) electrons. The molecule has 0 amide bonds. The predicted molar refractivity (Wildman–Crippen MR) is 84.3 cm³/mol. The molecule has 0 saturated carbocycles. The maximum absolute atomic E-state index is 6.95. The van der Waals surface area contributed by atoms with E-state index in [0.29, 0.717) is 5.75 Å². The Morgan fingerprint density at radius 3 is 2.38 bits per heavy atom. The first-order valence-corrected chi connectivity index (χ1v) is 7.31. The molecule has 110 valence electrons. The Morgan fingerprint density at radius 1 is 1.05 bits per heavy atom. The van der Waals surface area contributed by atoms with E-state index in [4.69, 9.17) is 21.1 Å². The molecule has 1 aliphatic heterocycles. The normalized spacial score (nSPS) is 20.7. The van der Waals surface area contributed by atoms with Gasteiger partial charge in [0.15, 0.2) is 11.5 Å². The second-order valence-corrected chi connectivity index (χ2v) is 5.63. The number of halogens is 1. The van der Waals surface area contributed by atoms with Gasteiger partial charge < -0.3 is 9.47 Å². The van der Waals surface area contributed by atoms with Crippen LogP contribution in [0, 0.1) is 0 Å². The van der Waals surface area contributed by atoms with Crippen LogP contribution in [0.5, 0.6) is 11.5 Å². The lowest BCUT2D eigenvalue weighted by atomic mass is 9.88. The van der Waals surface area contributed by atoms with Gasteiger partial charge >= 0.3 is 0 Å². The van der Waals surface area contributed by atoms with Crippen molar-refractivity contribution < 1.29 is 9.47 Å². The van der Waals surface area contributed by atoms with Crippen molar-refractivity contribution in [3.63, 3.8) is 0 Å². The van der Waals surface area contributed by atoms with Crippen LogP contribution in [0.25, 0.3) is 0 Å². The van der Waals surface area contributed by atoms with Crippen LogP contribution in [-0.4, -0.2) is 20.8 Å². The molecule has 1 heterocycles. The Bertz CT molecular complexity index is 645. The smallest absolute Gasteiger partial charge is 0.161 e. The van der Waals surface area contributed by atoms with Crippen molar-refractivity contribution >= 4 is 11.6 Å². The molecule has 3 rings (SSSR count). The Balaban J connectivity index is 2.17. The van der Waals surface area contributed by atoms with E-state index in [0.717, 1.165) is 29.8 Å². The predicted octanol–water partition coefficient (Wildman–Crippen LogP) is 3.29. The van der Waals surface area contributed by atoms with Gasteiger partial charge in [0.25, 0.3) is 0 Å². The zero-order chi connectivity index (χ0) is 14.9. The van der Waals surface area contributed by atoms with Crippen molar-refractivity contribution in [2.24, 2.45) is 0 Å². The summed E-state index contributed by atoms with van der Waals surface area (Å²) < 4.78 is 10.8. The minimum absolute atomic E-state index is 0.695. The van der Waals surface area contributed by atoms with E-state index in [1.165, 1.54) is 5.56 Å². The van der Waals surface area contributed by atoms with Crippen LogP contribution in [0.2, 0.25) is 0 Å². The maximum atomic E-state index is 6.95. The number of nitrogens with one attached hydrogen (secondary N) is 1. The SMILES string of the molecule is COc1cc2c(cc1OC)C(Cl)(c1ccccc1)NCC2.